The van der Waals surface area contributed by atoms with Crippen LogP contribution in [-0.4, -0.2) is 36.1 Å². The number of anilines is 1. The van der Waals surface area contributed by atoms with Gasteiger partial charge in [-0.2, -0.15) is 13.2 Å². The molecule has 25 heavy (non-hydrogen) atoms. The van der Waals surface area contributed by atoms with Crippen LogP contribution in [0.5, 0.6) is 0 Å². The molecule has 0 aliphatic carbocycles. The largest absolute Gasteiger partial charge is 0.494 e. The van der Waals surface area contributed by atoms with E-state index in [1.54, 1.807) is 17.5 Å². The Balaban J connectivity index is 1.92. The number of Topliss-reactive ketones (excluding diaryl/α,β-unsaturated/α-hetero) is 1. The lowest BCUT2D eigenvalue weighted by Crippen LogP contribution is -2.22. The maximum atomic E-state index is 12.8. The number of rotatable bonds is 4. The van der Waals surface area contributed by atoms with Crippen molar-refractivity contribution in [3.05, 3.63) is 34.4 Å². The average molecular weight is 390 g/mol. The predicted octanol–water partition coefficient (Wildman–Crippen LogP) is 3.44. The van der Waals surface area contributed by atoms with E-state index in [1.165, 1.54) is 0 Å². The van der Waals surface area contributed by atoms with Crippen LogP contribution in [0.2, 0.25) is 0 Å². The van der Waals surface area contributed by atoms with Gasteiger partial charge in [-0.25, -0.2) is 4.98 Å². The minimum atomic E-state index is -5.04. The molecule has 11 heteroatoms. The quantitative estimate of drug-likeness (QED) is 0.810. The second-order valence-electron chi connectivity index (χ2n) is 4.66. The van der Waals surface area contributed by atoms with Crippen molar-refractivity contribution < 1.29 is 32.2 Å². The molecule has 1 aliphatic rings. The number of carbonyl (C=O) groups is 2. The van der Waals surface area contributed by atoms with Crippen molar-refractivity contribution in [2.75, 3.05) is 18.5 Å². The van der Waals surface area contributed by atoms with Crippen LogP contribution in [0.25, 0.3) is 10.6 Å². The van der Waals surface area contributed by atoms with Crippen molar-refractivity contribution in [1.82, 2.24) is 4.98 Å². The van der Waals surface area contributed by atoms with Crippen molar-refractivity contribution in [2.45, 2.75) is 6.18 Å². The zero-order chi connectivity index (χ0) is 18.0. The molecular weight excluding hydrogens is 381 g/mol. The molecule has 0 saturated carbocycles. The number of thiazole rings is 1. The van der Waals surface area contributed by atoms with E-state index < -0.39 is 22.7 Å². The molecular formula is C14H9F3N2O4S2. The number of aromatic nitrogens is 1. The third kappa shape index (κ3) is 3.82. The molecule has 1 N–H and O–H groups in total. The van der Waals surface area contributed by atoms with Crippen molar-refractivity contribution >= 4 is 39.5 Å². The van der Waals surface area contributed by atoms with E-state index in [0.29, 0.717) is 22.8 Å². The molecule has 0 atom stereocenters. The van der Waals surface area contributed by atoms with Gasteiger partial charge in [0.05, 0.1) is 4.88 Å². The summed E-state index contributed by atoms with van der Waals surface area (Å²) < 4.78 is 48.5. The molecule has 2 aromatic heterocycles. The number of alkyl halides is 3. The van der Waals surface area contributed by atoms with E-state index in [1.807, 2.05) is 0 Å². The highest BCUT2D eigenvalue weighted by molar-refractivity contribution is 7.19. The van der Waals surface area contributed by atoms with Gasteiger partial charge in [-0.05, 0) is 11.4 Å². The summed E-state index contributed by atoms with van der Waals surface area (Å²) in [5, 5.41) is 3.82. The number of carbonyl (C=O) groups excluding carboxylic acids is 2. The molecule has 1 aliphatic heterocycles. The van der Waals surface area contributed by atoms with Crippen LogP contribution in [0.4, 0.5) is 18.3 Å². The first-order valence-corrected chi connectivity index (χ1v) is 8.48. The standard InChI is InChI=1S/C14H9F3N2O4S2/c15-14(16,17)11(20)10-9(8-2-1-5-24-8)18-13(25-10)19-12(21)7-6-22-3-4-23-7/h1-2,5-6H,3-4H2,(H,18,19,21). The second kappa shape index (κ2) is 6.84. The zero-order valence-corrected chi connectivity index (χ0v) is 13.9. The normalized spacial score (nSPS) is 14.3. The van der Waals surface area contributed by atoms with Crippen LogP contribution in [0.1, 0.15) is 9.67 Å². The molecule has 0 fully saturated rings. The van der Waals surface area contributed by atoms with E-state index in [9.17, 15) is 22.8 Å². The first-order chi connectivity index (χ1) is 11.9. The van der Waals surface area contributed by atoms with Gasteiger partial charge in [-0.3, -0.25) is 14.9 Å². The minimum absolute atomic E-state index is 0.118. The SMILES string of the molecule is O=C(Nc1nc(-c2cccs2)c(C(=O)C(F)(F)F)s1)C1=COCCO1. The van der Waals surface area contributed by atoms with Crippen LogP contribution in [-0.2, 0) is 14.3 Å². The summed E-state index contributed by atoms with van der Waals surface area (Å²) >= 11 is 1.59. The minimum Gasteiger partial charge on any atom is -0.494 e. The van der Waals surface area contributed by atoms with Crippen molar-refractivity contribution in [1.29, 1.82) is 0 Å². The molecule has 3 heterocycles. The van der Waals surface area contributed by atoms with Gasteiger partial charge in [-0.1, -0.05) is 17.4 Å². The fourth-order valence-corrected chi connectivity index (χ4v) is 3.60. The van der Waals surface area contributed by atoms with Gasteiger partial charge in [0, 0.05) is 0 Å². The number of nitrogens with one attached hydrogen (secondary N) is 1. The molecule has 0 saturated heterocycles. The van der Waals surface area contributed by atoms with Gasteiger partial charge in [0.25, 0.3) is 11.7 Å². The Hall–Kier alpha value is -2.40. The average Bonchev–Trinajstić information content (AvgIpc) is 3.23. The first-order valence-electron chi connectivity index (χ1n) is 6.78. The molecule has 132 valence electrons. The lowest BCUT2D eigenvalue weighted by atomic mass is 10.2. The Labute approximate surface area is 146 Å². The zero-order valence-electron chi connectivity index (χ0n) is 12.3. The number of ketones is 1. The molecule has 6 nitrogen and oxygen atoms in total. The van der Waals surface area contributed by atoms with Crippen molar-refractivity contribution in [3.8, 4) is 10.6 Å². The van der Waals surface area contributed by atoms with Crippen LogP contribution in [0.15, 0.2) is 29.5 Å². The van der Waals surface area contributed by atoms with Crippen LogP contribution >= 0.6 is 22.7 Å². The third-order valence-corrected chi connectivity index (χ3v) is 4.78. The summed E-state index contributed by atoms with van der Waals surface area (Å²) in [5.74, 6) is -2.86. The Kier molecular flexibility index (Phi) is 4.77. The van der Waals surface area contributed by atoms with E-state index in [-0.39, 0.29) is 23.2 Å². The van der Waals surface area contributed by atoms with E-state index in [4.69, 9.17) is 9.47 Å². The predicted molar refractivity (Wildman–Crippen MR) is 84.4 cm³/mol. The number of hydrogen-bond donors (Lipinski definition) is 1. The van der Waals surface area contributed by atoms with Crippen molar-refractivity contribution in [3.63, 3.8) is 0 Å². The summed E-state index contributed by atoms with van der Waals surface area (Å²) in [6, 6.07) is 3.16. The molecule has 3 rings (SSSR count). The van der Waals surface area contributed by atoms with Gasteiger partial charge in [0.2, 0.25) is 5.76 Å². The monoisotopic (exact) mass is 390 g/mol. The number of thiophene rings is 1. The van der Waals surface area contributed by atoms with Gasteiger partial charge >= 0.3 is 6.18 Å². The molecule has 0 aromatic carbocycles. The molecule has 0 spiro atoms. The highest BCUT2D eigenvalue weighted by Gasteiger charge is 2.42. The Morgan fingerprint density at radius 2 is 2.08 bits per heavy atom. The number of ether oxygens (including phenoxy) is 2. The van der Waals surface area contributed by atoms with Gasteiger partial charge in [-0.15, -0.1) is 11.3 Å². The summed E-state index contributed by atoms with van der Waals surface area (Å²) in [5.41, 5.74) is -0.118. The van der Waals surface area contributed by atoms with Crippen LogP contribution in [0.3, 0.4) is 0 Å². The molecule has 0 unspecified atom stereocenters. The molecule has 0 bridgehead atoms. The number of hydrogen-bond acceptors (Lipinski definition) is 7. The highest BCUT2D eigenvalue weighted by atomic mass is 32.1. The number of amides is 1. The summed E-state index contributed by atoms with van der Waals surface area (Å²) in [6.07, 6.45) is -3.93. The van der Waals surface area contributed by atoms with Gasteiger partial charge in [0.1, 0.15) is 30.0 Å². The Morgan fingerprint density at radius 1 is 1.28 bits per heavy atom. The molecule has 0 radical (unpaired) electrons. The third-order valence-electron chi connectivity index (χ3n) is 2.94. The Morgan fingerprint density at radius 3 is 2.68 bits per heavy atom. The summed E-state index contributed by atoms with van der Waals surface area (Å²) in [7, 11) is 0. The van der Waals surface area contributed by atoms with Crippen LogP contribution < -0.4 is 5.32 Å². The Bertz CT molecular complexity index is 828. The fourth-order valence-electron chi connectivity index (χ4n) is 1.88. The van der Waals surface area contributed by atoms with E-state index in [2.05, 4.69) is 10.3 Å². The van der Waals surface area contributed by atoms with Crippen LogP contribution in [0, 0.1) is 0 Å². The summed E-state index contributed by atoms with van der Waals surface area (Å²) in [6.45, 7) is 0.468. The smallest absolute Gasteiger partial charge is 0.455 e. The maximum absolute atomic E-state index is 12.8. The van der Waals surface area contributed by atoms with Gasteiger partial charge in [0.15, 0.2) is 5.13 Å². The van der Waals surface area contributed by atoms with Crippen molar-refractivity contribution in [2.24, 2.45) is 0 Å². The lowest BCUT2D eigenvalue weighted by Gasteiger charge is -2.14. The maximum Gasteiger partial charge on any atom is 0.455 e. The first kappa shape index (κ1) is 17.4. The molecule has 1 amide bonds. The molecule has 2 aromatic rings. The number of halogens is 3. The van der Waals surface area contributed by atoms with E-state index >= 15 is 0 Å². The summed E-state index contributed by atoms with van der Waals surface area (Å²) in [4.78, 5) is 27.5. The van der Waals surface area contributed by atoms with E-state index in [0.717, 1.165) is 17.6 Å². The van der Waals surface area contributed by atoms with Gasteiger partial charge < -0.3 is 9.47 Å². The lowest BCUT2D eigenvalue weighted by molar-refractivity contribution is -0.117. The topological polar surface area (TPSA) is 77.5 Å². The fraction of sp³-hybridized carbons (Fsp3) is 0.214. The number of nitrogens with zero attached hydrogens (tertiary/aromatic N) is 1. The second-order valence-corrected chi connectivity index (χ2v) is 6.60. The highest BCUT2D eigenvalue weighted by Crippen LogP contribution is 2.37.